The molecular weight excluding hydrogens is 238 g/mol. The summed E-state index contributed by atoms with van der Waals surface area (Å²) in [5.74, 6) is -0.260. The van der Waals surface area contributed by atoms with Gasteiger partial charge in [0, 0.05) is 12.1 Å². The Hall–Kier alpha value is -0.610. The summed E-state index contributed by atoms with van der Waals surface area (Å²) in [6.45, 7) is 11.4. The fraction of sp³-hybridized carbons (Fsp3) is 0.933. The Morgan fingerprint density at radius 2 is 1.84 bits per heavy atom. The van der Waals surface area contributed by atoms with Gasteiger partial charge in [-0.05, 0) is 53.6 Å². The summed E-state index contributed by atoms with van der Waals surface area (Å²) in [6.07, 6.45) is 4.10. The molecule has 0 fully saturated rings. The van der Waals surface area contributed by atoms with E-state index in [4.69, 9.17) is 5.73 Å². The second-order valence-electron chi connectivity index (χ2n) is 5.98. The van der Waals surface area contributed by atoms with Gasteiger partial charge in [0.25, 0.3) is 0 Å². The molecule has 0 aliphatic heterocycles. The van der Waals surface area contributed by atoms with Crippen LogP contribution in [0.4, 0.5) is 0 Å². The molecule has 0 saturated carbocycles. The van der Waals surface area contributed by atoms with Crippen molar-refractivity contribution in [2.24, 2.45) is 5.73 Å². The van der Waals surface area contributed by atoms with E-state index in [1.165, 1.54) is 12.8 Å². The van der Waals surface area contributed by atoms with Gasteiger partial charge in [0.05, 0.1) is 5.54 Å². The van der Waals surface area contributed by atoms with Crippen LogP contribution in [0.25, 0.3) is 0 Å². The van der Waals surface area contributed by atoms with Crippen LogP contribution in [-0.2, 0) is 4.79 Å². The molecule has 19 heavy (non-hydrogen) atoms. The molecule has 0 aliphatic rings. The quantitative estimate of drug-likeness (QED) is 0.640. The molecule has 3 N–H and O–H groups in total. The summed E-state index contributed by atoms with van der Waals surface area (Å²) in [6, 6.07) is 0.853. The number of carbonyl (C=O) groups excluding carboxylic acids is 1. The zero-order valence-electron chi connectivity index (χ0n) is 13.6. The summed E-state index contributed by atoms with van der Waals surface area (Å²) >= 11 is 0. The van der Waals surface area contributed by atoms with Crippen molar-refractivity contribution < 1.29 is 4.79 Å². The van der Waals surface area contributed by atoms with E-state index in [1.807, 2.05) is 6.92 Å². The summed E-state index contributed by atoms with van der Waals surface area (Å²) < 4.78 is 0. The van der Waals surface area contributed by atoms with Crippen molar-refractivity contribution in [2.45, 2.75) is 77.9 Å². The minimum Gasteiger partial charge on any atom is -0.368 e. The average Bonchev–Trinajstić information content (AvgIpc) is 2.35. The highest BCUT2D eigenvalue weighted by molar-refractivity contribution is 5.84. The van der Waals surface area contributed by atoms with Gasteiger partial charge in [-0.1, -0.05) is 20.3 Å². The van der Waals surface area contributed by atoms with E-state index in [2.05, 4.69) is 45.0 Å². The maximum Gasteiger partial charge on any atom is 0.237 e. The van der Waals surface area contributed by atoms with Gasteiger partial charge in [0.2, 0.25) is 5.91 Å². The molecule has 0 aromatic carbocycles. The van der Waals surface area contributed by atoms with E-state index in [0.717, 1.165) is 19.4 Å². The fourth-order valence-electron chi connectivity index (χ4n) is 2.45. The number of nitrogens with two attached hydrogens (primary N) is 1. The molecule has 4 heteroatoms. The molecule has 0 aliphatic carbocycles. The van der Waals surface area contributed by atoms with Crippen LogP contribution in [0.5, 0.6) is 0 Å². The van der Waals surface area contributed by atoms with E-state index >= 15 is 0 Å². The third-order valence-corrected chi connectivity index (χ3v) is 4.11. The van der Waals surface area contributed by atoms with Crippen LogP contribution in [0.2, 0.25) is 0 Å². The number of hydrogen-bond acceptors (Lipinski definition) is 3. The third-order valence-electron chi connectivity index (χ3n) is 4.11. The van der Waals surface area contributed by atoms with E-state index < -0.39 is 5.54 Å². The van der Waals surface area contributed by atoms with Crippen molar-refractivity contribution in [2.75, 3.05) is 13.6 Å². The van der Waals surface area contributed by atoms with E-state index in [1.54, 1.807) is 0 Å². The number of primary amides is 1. The Morgan fingerprint density at radius 3 is 2.26 bits per heavy atom. The molecule has 0 saturated heterocycles. The molecule has 3 unspecified atom stereocenters. The second-order valence-corrected chi connectivity index (χ2v) is 5.98. The zero-order chi connectivity index (χ0) is 15.1. The Labute approximate surface area is 119 Å². The van der Waals surface area contributed by atoms with Gasteiger partial charge in [-0.25, -0.2) is 0 Å². The average molecular weight is 271 g/mol. The van der Waals surface area contributed by atoms with Crippen molar-refractivity contribution >= 4 is 5.91 Å². The smallest absolute Gasteiger partial charge is 0.237 e. The Bertz CT molecular complexity index is 270. The minimum absolute atomic E-state index is 0.260. The lowest BCUT2D eigenvalue weighted by Crippen LogP contribution is -2.56. The molecular formula is C15H33N3O. The molecule has 0 radical (unpaired) electrons. The van der Waals surface area contributed by atoms with Crippen molar-refractivity contribution in [1.29, 1.82) is 0 Å². The highest BCUT2D eigenvalue weighted by atomic mass is 16.1. The minimum atomic E-state index is -0.615. The monoisotopic (exact) mass is 271 g/mol. The highest BCUT2D eigenvalue weighted by Crippen LogP contribution is 2.18. The van der Waals surface area contributed by atoms with Crippen molar-refractivity contribution in [3.8, 4) is 0 Å². The number of nitrogens with zero attached hydrogens (tertiary/aromatic N) is 1. The van der Waals surface area contributed by atoms with E-state index in [0.29, 0.717) is 12.1 Å². The predicted octanol–water partition coefficient (Wildman–Crippen LogP) is 2.13. The van der Waals surface area contributed by atoms with Crippen LogP contribution in [0.1, 0.15) is 60.3 Å². The number of carbonyl (C=O) groups is 1. The van der Waals surface area contributed by atoms with Gasteiger partial charge in [0.1, 0.15) is 0 Å². The topological polar surface area (TPSA) is 58.4 Å². The van der Waals surface area contributed by atoms with Crippen molar-refractivity contribution in [3.63, 3.8) is 0 Å². The molecule has 3 atom stereocenters. The van der Waals surface area contributed by atoms with Crippen LogP contribution in [-0.4, -0.2) is 42.0 Å². The first-order chi connectivity index (χ1) is 8.78. The third kappa shape index (κ3) is 5.91. The predicted molar refractivity (Wildman–Crippen MR) is 82.1 cm³/mol. The first-order valence-electron chi connectivity index (χ1n) is 7.55. The number of rotatable bonds is 10. The molecule has 0 aromatic rings. The molecule has 0 aromatic heterocycles. The van der Waals surface area contributed by atoms with Gasteiger partial charge in [-0.15, -0.1) is 0 Å². The molecule has 0 rings (SSSR count). The normalized spacial score (nSPS) is 18.1. The fourth-order valence-corrected chi connectivity index (χ4v) is 2.45. The molecule has 0 heterocycles. The first kappa shape index (κ1) is 18.4. The standard InChI is InChI=1S/C15H33N3O/c1-7-9-12(3)18(6)13(4)11-15(5,14(16)19)17-10-8-2/h12-13,17H,7-11H2,1-6H3,(H2,16,19). The van der Waals surface area contributed by atoms with E-state index in [-0.39, 0.29) is 5.91 Å². The van der Waals surface area contributed by atoms with Gasteiger partial charge < -0.3 is 16.0 Å². The molecule has 4 nitrogen and oxygen atoms in total. The first-order valence-corrected chi connectivity index (χ1v) is 7.55. The van der Waals surface area contributed by atoms with Gasteiger partial charge in [0.15, 0.2) is 0 Å². The Morgan fingerprint density at radius 1 is 1.26 bits per heavy atom. The molecule has 0 bridgehead atoms. The summed E-state index contributed by atoms with van der Waals surface area (Å²) in [5.41, 5.74) is 4.96. The van der Waals surface area contributed by atoms with Crippen LogP contribution < -0.4 is 11.1 Å². The van der Waals surface area contributed by atoms with Gasteiger partial charge >= 0.3 is 0 Å². The highest BCUT2D eigenvalue weighted by Gasteiger charge is 2.33. The van der Waals surface area contributed by atoms with Crippen LogP contribution in [0, 0.1) is 0 Å². The summed E-state index contributed by atoms with van der Waals surface area (Å²) in [5, 5.41) is 3.30. The Kier molecular flexibility index (Phi) is 8.26. The van der Waals surface area contributed by atoms with Crippen LogP contribution in [0.15, 0.2) is 0 Å². The maximum atomic E-state index is 11.7. The maximum absolute atomic E-state index is 11.7. The largest absolute Gasteiger partial charge is 0.368 e. The summed E-state index contributed by atoms with van der Waals surface area (Å²) in [7, 11) is 2.13. The zero-order valence-corrected chi connectivity index (χ0v) is 13.6. The lowest BCUT2D eigenvalue weighted by Gasteiger charge is -2.37. The molecule has 0 spiro atoms. The Balaban J connectivity index is 4.62. The van der Waals surface area contributed by atoms with E-state index in [9.17, 15) is 4.79 Å². The van der Waals surface area contributed by atoms with Crippen molar-refractivity contribution in [1.82, 2.24) is 10.2 Å². The number of nitrogens with one attached hydrogen (secondary N) is 1. The number of hydrogen-bond donors (Lipinski definition) is 2. The summed E-state index contributed by atoms with van der Waals surface area (Å²) in [4.78, 5) is 14.1. The van der Waals surface area contributed by atoms with Gasteiger partial charge in [-0.2, -0.15) is 0 Å². The molecule has 1 amide bonds. The molecule has 114 valence electrons. The SMILES string of the molecule is CCCNC(C)(CC(C)N(C)C(C)CCC)C(N)=O. The lowest BCUT2D eigenvalue weighted by molar-refractivity contribution is -0.124. The second kappa shape index (κ2) is 8.54. The number of amides is 1. The van der Waals surface area contributed by atoms with Gasteiger partial charge in [-0.3, -0.25) is 4.79 Å². The lowest BCUT2D eigenvalue weighted by atomic mass is 9.91. The van der Waals surface area contributed by atoms with Crippen LogP contribution >= 0.6 is 0 Å². The van der Waals surface area contributed by atoms with Crippen LogP contribution in [0.3, 0.4) is 0 Å². The van der Waals surface area contributed by atoms with Crippen molar-refractivity contribution in [3.05, 3.63) is 0 Å².